The van der Waals surface area contributed by atoms with Crippen LogP contribution in [0.2, 0.25) is 0 Å². The molecule has 3 aromatic heterocycles. The number of aliphatic hydroxyl groups excluding tert-OH is 2. The molecule has 4 unspecified atom stereocenters. The van der Waals surface area contributed by atoms with E-state index in [0.29, 0.717) is 4.90 Å². The quantitative estimate of drug-likeness (QED) is 0.0390. The molecule has 0 radical (unpaired) electrons. The zero-order valence-electron chi connectivity index (χ0n) is 30.7. The first-order valence-electron chi connectivity index (χ1n) is 16.7. The summed E-state index contributed by atoms with van der Waals surface area (Å²) >= 11 is 0. The van der Waals surface area contributed by atoms with Gasteiger partial charge < -0.3 is 50.9 Å². The van der Waals surface area contributed by atoms with Crippen LogP contribution in [0, 0.1) is 11.4 Å². The SMILES string of the molecule is CC(=O)[SH](CCNC(=O)CCNC(=O)C(O)C(C)(C)COP(=O)(O)OP(=O)(O)OC[C@H]1O[C@@H](n2cnc3c(N)ncnc32)[C@H](O)[C@@H]1OP(=O)(O)O)c1ccc(F)nc1. The number of rotatable bonds is 20. The second-order valence-electron chi connectivity index (χ2n) is 13.1. The highest BCUT2D eigenvalue weighted by atomic mass is 32.2. The van der Waals surface area contributed by atoms with E-state index in [-0.39, 0.29) is 47.4 Å². The van der Waals surface area contributed by atoms with E-state index in [9.17, 15) is 62.3 Å². The minimum atomic E-state index is -5.59. The van der Waals surface area contributed by atoms with Crippen LogP contribution in [0.3, 0.4) is 0 Å². The predicted octanol–water partition coefficient (Wildman–Crippen LogP) is -0.454. The minimum Gasteiger partial charge on any atom is -0.386 e. The van der Waals surface area contributed by atoms with Crippen LogP contribution in [-0.2, 0) is 50.7 Å². The molecule has 0 aliphatic carbocycles. The lowest BCUT2D eigenvalue weighted by Crippen LogP contribution is -2.46. The predicted molar refractivity (Wildman–Crippen MR) is 197 cm³/mol. The van der Waals surface area contributed by atoms with Gasteiger partial charge in [-0.15, -0.1) is 0 Å². The lowest BCUT2D eigenvalue weighted by atomic mass is 9.87. The molecule has 3 aromatic rings. The van der Waals surface area contributed by atoms with Crippen LogP contribution in [0.1, 0.15) is 33.4 Å². The number of nitrogens with two attached hydrogens (primary N) is 1. The van der Waals surface area contributed by atoms with Crippen molar-refractivity contribution >= 4 is 68.3 Å². The van der Waals surface area contributed by atoms with Gasteiger partial charge in [-0.05, 0) is 12.1 Å². The Morgan fingerprint density at radius 3 is 2.38 bits per heavy atom. The Labute approximate surface area is 330 Å². The number of halogens is 1. The van der Waals surface area contributed by atoms with Crippen molar-refractivity contribution in [2.45, 2.75) is 62.7 Å². The molecule has 1 fully saturated rings. The molecule has 0 aromatic carbocycles. The van der Waals surface area contributed by atoms with Gasteiger partial charge in [0.1, 0.15) is 36.3 Å². The molecule has 8 atom stereocenters. The number of carbonyl (C=O) groups is 3. The number of anilines is 1. The van der Waals surface area contributed by atoms with E-state index in [1.807, 2.05) is 0 Å². The number of carbonyl (C=O) groups excluding carboxylic acids is 3. The standard InChI is InChI=1S/C28H42FN8O17P3S/c1-15(38)58(16-4-5-18(29)33-10-16)9-8-31-19(39)6-7-32-26(42)23(41)28(2,3)12-51-57(48,49)54-56(46,47)50-11-17-22(53-55(43,44)45)21(40)27(52-17)37-14-36-20-24(30)34-13-35-25(20)37/h4-5,10,13-14,17,21-23,27,40-41,58H,6-9,11-12H2,1-3H3,(H,31,39)(H,32,42)(H,46,47)(H,48,49)(H2,30,34,35)(H2,43,44,45)/t17-,21-,22-,23?,27-/m1/s1. The zero-order chi connectivity index (χ0) is 43.2. The summed E-state index contributed by atoms with van der Waals surface area (Å²) in [6.45, 7) is 1.62. The van der Waals surface area contributed by atoms with E-state index in [0.717, 1.165) is 23.3 Å². The van der Waals surface area contributed by atoms with Crippen molar-refractivity contribution in [3.05, 3.63) is 36.9 Å². The minimum absolute atomic E-state index is 0.0208. The lowest BCUT2D eigenvalue weighted by molar-refractivity contribution is -0.137. The molecule has 4 heterocycles. The van der Waals surface area contributed by atoms with Crippen molar-refractivity contribution in [2.24, 2.45) is 5.41 Å². The third kappa shape index (κ3) is 13.1. The Kier molecular flexibility index (Phi) is 15.8. The maximum absolute atomic E-state index is 13.1. The van der Waals surface area contributed by atoms with Crippen LogP contribution in [0.5, 0.6) is 0 Å². The van der Waals surface area contributed by atoms with E-state index in [1.54, 1.807) is 0 Å². The molecule has 4 rings (SSSR count). The van der Waals surface area contributed by atoms with E-state index >= 15 is 0 Å². The molecule has 30 heteroatoms. The molecule has 1 aliphatic rings. The molecule has 10 N–H and O–H groups in total. The van der Waals surface area contributed by atoms with Crippen LogP contribution < -0.4 is 16.4 Å². The van der Waals surface area contributed by atoms with Gasteiger partial charge in [-0.25, -0.2) is 33.6 Å². The van der Waals surface area contributed by atoms with Crippen molar-refractivity contribution in [2.75, 3.05) is 37.8 Å². The topological polar surface area (TPSA) is 377 Å². The van der Waals surface area contributed by atoms with Gasteiger partial charge in [-0.1, -0.05) is 13.8 Å². The number of pyridine rings is 1. The third-order valence-electron chi connectivity index (χ3n) is 8.14. The molecule has 2 amide bonds. The number of ether oxygens (including phenoxy) is 1. The molecular formula is C28H42FN8O17P3S. The van der Waals surface area contributed by atoms with Crippen molar-refractivity contribution in [3.8, 4) is 0 Å². The maximum Gasteiger partial charge on any atom is 0.481 e. The third-order valence-corrected chi connectivity index (χ3v) is 13.6. The normalized spacial score (nSPS) is 22.1. The number of hydrogen-bond donors (Lipinski definition) is 10. The number of phosphoric ester groups is 3. The van der Waals surface area contributed by atoms with Crippen molar-refractivity contribution in [1.29, 1.82) is 0 Å². The van der Waals surface area contributed by atoms with Crippen LogP contribution in [-0.4, -0.2) is 128 Å². The summed E-state index contributed by atoms with van der Waals surface area (Å²) in [5.74, 6) is -2.02. The largest absolute Gasteiger partial charge is 0.481 e. The molecule has 0 spiro atoms. The Hall–Kier alpha value is -3.36. The number of hydrogen-bond acceptors (Lipinski definition) is 18. The fourth-order valence-corrected chi connectivity index (χ4v) is 9.80. The number of aromatic nitrogens is 5. The summed E-state index contributed by atoms with van der Waals surface area (Å²) in [5.41, 5.74) is 4.21. The van der Waals surface area contributed by atoms with Gasteiger partial charge >= 0.3 is 23.5 Å². The van der Waals surface area contributed by atoms with E-state index in [4.69, 9.17) is 19.5 Å². The molecule has 324 valence electrons. The smallest absolute Gasteiger partial charge is 0.386 e. The molecule has 0 saturated carbocycles. The average molecular weight is 907 g/mol. The summed E-state index contributed by atoms with van der Waals surface area (Å²) in [6.07, 6.45) is -5.83. The van der Waals surface area contributed by atoms with Crippen molar-refractivity contribution in [3.63, 3.8) is 0 Å². The number of nitrogens with zero attached hydrogens (tertiary/aromatic N) is 5. The van der Waals surface area contributed by atoms with Crippen molar-refractivity contribution < 1.29 is 84.9 Å². The second-order valence-corrected chi connectivity index (χ2v) is 19.8. The number of nitrogens with one attached hydrogen (secondary N) is 2. The summed E-state index contributed by atoms with van der Waals surface area (Å²) in [5, 5.41) is 26.2. The molecular weight excluding hydrogens is 864 g/mol. The molecule has 58 heavy (non-hydrogen) atoms. The number of amides is 2. The van der Waals surface area contributed by atoms with Gasteiger partial charge in [0.25, 0.3) is 0 Å². The fourth-order valence-electron chi connectivity index (χ4n) is 5.24. The Morgan fingerprint density at radius 1 is 1.05 bits per heavy atom. The Morgan fingerprint density at radius 2 is 1.74 bits per heavy atom. The number of fused-ring (bicyclic) bond motifs is 1. The van der Waals surface area contributed by atoms with Crippen LogP contribution in [0.15, 0.2) is 35.9 Å². The first kappa shape index (κ1) is 47.3. The lowest BCUT2D eigenvalue weighted by Gasteiger charge is -2.30. The maximum atomic E-state index is 13.1. The van der Waals surface area contributed by atoms with Crippen LogP contribution in [0.25, 0.3) is 11.2 Å². The van der Waals surface area contributed by atoms with Crippen molar-refractivity contribution in [1.82, 2.24) is 35.1 Å². The summed E-state index contributed by atoms with van der Waals surface area (Å²) in [7, 11) is -17.8. The highest BCUT2D eigenvalue weighted by Gasteiger charge is 2.50. The van der Waals surface area contributed by atoms with E-state index < -0.39 is 101 Å². The highest BCUT2D eigenvalue weighted by molar-refractivity contribution is 8.29. The zero-order valence-corrected chi connectivity index (χ0v) is 34.2. The average Bonchev–Trinajstić information content (AvgIpc) is 3.68. The summed E-state index contributed by atoms with van der Waals surface area (Å²) in [4.78, 5) is 92.0. The molecule has 1 aliphatic heterocycles. The van der Waals surface area contributed by atoms with Gasteiger partial charge in [0.2, 0.25) is 17.8 Å². The fraction of sp³-hybridized carbons (Fsp3) is 0.536. The van der Waals surface area contributed by atoms with E-state index in [1.165, 1.54) is 33.0 Å². The highest BCUT2D eigenvalue weighted by Crippen LogP contribution is 2.61. The number of imidazole rings is 1. The number of phosphoric acid groups is 3. The molecule has 1 saturated heterocycles. The molecule has 0 bridgehead atoms. The van der Waals surface area contributed by atoms with Gasteiger partial charge in [0.05, 0.1) is 19.5 Å². The molecule has 25 nitrogen and oxygen atoms in total. The van der Waals surface area contributed by atoms with E-state index in [2.05, 4.69) is 39.4 Å². The first-order chi connectivity index (χ1) is 26.9. The Bertz CT molecular complexity index is 2100. The van der Waals surface area contributed by atoms with Gasteiger partial charge in [-0.3, -0.25) is 32.5 Å². The number of nitrogen functional groups attached to an aromatic ring is 1. The monoisotopic (exact) mass is 906 g/mol. The van der Waals surface area contributed by atoms with Gasteiger partial charge in [0.15, 0.2) is 22.8 Å². The number of aliphatic hydroxyl groups is 2. The number of thiol groups is 1. The second kappa shape index (κ2) is 19.4. The summed E-state index contributed by atoms with van der Waals surface area (Å²) < 4.78 is 75.3. The van der Waals surface area contributed by atoms with Crippen LogP contribution in [0.4, 0.5) is 10.2 Å². The van der Waals surface area contributed by atoms with Gasteiger partial charge in [0, 0.05) is 48.7 Å². The summed E-state index contributed by atoms with van der Waals surface area (Å²) in [6, 6.07) is 2.57. The van der Waals surface area contributed by atoms with Crippen LogP contribution >= 0.6 is 34.4 Å². The first-order valence-corrected chi connectivity index (χ1v) is 22.7. The Balaban J connectivity index is 1.25. The van der Waals surface area contributed by atoms with Gasteiger partial charge in [-0.2, -0.15) is 19.6 Å².